The summed E-state index contributed by atoms with van der Waals surface area (Å²) in [5.41, 5.74) is 6.66. The maximum absolute atomic E-state index is 5.59. The normalized spacial score (nSPS) is 12.9. The van der Waals surface area contributed by atoms with E-state index in [1.807, 2.05) is 17.1 Å². The number of nitrogen functional groups attached to an aromatic ring is 1. The van der Waals surface area contributed by atoms with E-state index >= 15 is 0 Å². The lowest BCUT2D eigenvalue weighted by Gasteiger charge is -2.07. The summed E-state index contributed by atoms with van der Waals surface area (Å²) in [5.74, 6) is 0. The van der Waals surface area contributed by atoms with Crippen LogP contribution in [-0.4, -0.2) is 14.8 Å². The summed E-state index contributed by atoms with van der Waals surface area (Å²) in [4.78, 5) is 5.19. The van der Waals surface area contributed by atoms with Crippen molar-refractivity contribution in [2.24, 2.45) is 0 Å². The first-order valence-corrected chi connectivity index (χ1v) is 6.25. The van der Waals surface area contributed by atoms with E-state index in [4.69, 9.17) is 5.73 Å². The molecule has 0 radical (unpaired) electrons. The van der Waals surface area contributed by atoms with Gasteiger partial charge in [-0.1, -0.05) is 6.92 Å². The smallest absolute Gasteiger partial charge is 0.180 e. The third-order valence-electron chi connectivity index (χ3n) is 2.63. The Bertz CT molecular complexity index is 460. The van der Waals surface area contributed by atoms with Gasteiger partial charge < -0.3 is 5.73 Å². The topological polar surface area (TPSA) is 56.7 Å². The van der Waals surface area contributed by atoms with Crippen molar-refractivity contribution >= 4 is 16.5 Å². The standard InChI is InChI=1S/C11H16N4S/c1-3-8(2)15-5-4-9(14-15)6-10-7-13-11(12)16-10/h4-5,7-8H,3,6H2,1-2H3,(H2,12,13). The average Bonchev–Trinajstić information content (AvgIpc) is 2.87. The Kier molecular flexibility index (Phi) is 3.24. The van der Waals surface area contributed by atoms with Crippen molar-refractivity contribution in [3.05, 3.63) is 29.0 Å². The molecule has 2 N–H and O–H groups in total. The van der Waals surface area contributed by atoms with Gasteiger partial charge in [0.15, 0.2) is 5.13 Å². The Morgan fingerprint density at radius 2 is 2.38 bits per heavy atom. The SMILES string of the molecule is CCC(C)n1ccc(Cc2cnc(N)s2)n1. The summed E-state index contributed by atoms with van der Waals surface area (Å²) in [6.07, 6.45) is 5.77. The molecule has 1 atom stereocenters. The van der Waals surface area contributed by atoms with Crippen LogP contribution in [-0.2, 0) is 6.42 Å². The molecule has 16 heavy (non-hydrogen) atoms. The zero-order chi connectivity index (χ0) is 11.5. The van der Waals surface area contributed by atoms with Gasteiger partial charge in [-0.25, -0.2) is 4.98 Å². The zero-order valence-corrected chi connectivity index (χ0v) is 10.4. The third-order valence-corrected chi connectivity index (χ3v) is 3.46. The molecule has 0 saturated heterocycles. The molecule has 5 heteroatoms. The van der Waals surface area contributed by atoms with Gasteiger partial charge in [0.1, 0.15) is 0 Å². The Labute approximate surface area is 99.1 Å². The van der Waals surface area contributed by atoms with Crippen molar-refractivity contribution in [1.82, 2.24) is 14.8 Å². The molecule has 2 aromatic heterocycles. The first-order chi connectivity index (χ1) is 7.69. The number of nitrogens with zero attached hydrogens (tertiary/aromatic N) is 3. The van der Waals surface area contributed by atoms with Crippen LogP contribution in [0.15, 0.2) is 18.5 Å². The highest BCUT2D eigenvalue weighted by atomic mass is 32.1. The first-order valence-electron chi connectivity index (χ1n) is 5.43. The third kappa shape index (κ3) is 2.41. The van der Waals surface area contributed by atoms with Crippen LogP contribution in [0, 0.1) is 0 Å². The number of rotatable bonds is 4. The van der Waals surface area contributed by atoms with Gasteiger partial charge in [0.2, 0.25) is 0 Å². The second kappa shape index (κ2) is 4.65. The fraction of sp³-hybridized carbons (Fsp3) is 0.455. The summed E-state index contributed by atoms with van der Waals surface area (Å²) in [6, 6.07) is 2.52. The molecule has 0 saturated carbocycles. The van der Waals surface area contributed by atoms with Crippen LogP contribution in [0.5, 0.6) is 0 Å². The Morgan fingerprint density at radius 3 is 3.00 bits per heavy atom. The van der Waals surface area contributed by atoms with Crippen LogP contribution in [0.3, 0.4) is 0 Å². The molecule has 4 nitrogen and oxygen atoms in total. The predicted molar refractivity (Wildman–Crippen MR) is 66.6 cm³/mol. The number of hydrogen-bond acceptors (Lipinski definition) is 4. The highest BCUT2D eigenvalue weighted by Gasteiger charge is 2.06. The second-order valence-corrected chi connectivity index (χ2v) is 5.03. The number of anilines is 1. The van der Waals surface area contributed by atoms with E-state index in [0.29, 0.717) is 11.2 Å². The van der Waals surface area contributed by atoms with E-state index in [-0.39, 0.29) is 0 Å². The van der Waals surface area contributed by atoms with Crippen molar-refractivity contribution in [2.75, 3.05) is 5.73 Å². The molecule has 0 fully saturated rings. The number of hydrogen-bond donors (Lipinski definition) is 1. The molecule has 86 valence electrons. The molecule has 2 heterocycles. The van der Waals surface area contributed by atoms with Gasteiger partial charge in [-0.05, 0) is 19.4 Å². The number of nitrogens with two attached hydrogens (primary N) is 1. The second-order valence-electron chi connectivity index (χ2n) is 3.89. The molecular weight excluding hydrogens is 220 g/mol. The molecule has 0 amide bonds. The van der Waals surface area contributed by atoms with Crippen molar-refractivity contribution in [3.8, 4) is 0 Å². The number of thiazole rings is 1. The maximum Gasteiger partial charge on any atom is 0.180 e. The van der Waals surface area contributed by atoms with Crippen molar-refractivity contribution in [1.29, 1.82) is 0 Å². The molecule has 0 aliphatic heterocycles. The Hall–Kier alpha value is -1.36. The zero-order valence-electron chi connectivity index (χ0n) is 9.55. The van der Waals surface area contributed by atoms with Crippen molar-refractivity contribution in [2.45, 2.75) is 32.7 Å². The fourth-order valence-electron chi connectivity index (χ4n) is 1.49. The van der Waals surface area contributed by atoms with Crippen LogP contribution >= 0.6 is 11.3 Å². The quantitative estimate of drug-likeness (QED) is 0.887. The molecule has 0 aliphatic carbocycles. The molecule has 0 bridgehead atoms. The minimum Gasteiger partial charge on any atom is -0.375 e. The Morgan fingerprint density at radius 1 is 1.56 bits per heavy atom. The minimum absolute atomic E-state index is 0.459. The monoisotopic (exact) mass is 236 g/mol. The summed E-state index contributed by atoms with van der Waals surface area (Å²) >= 11 is 1.52. The highest BCUT2D eigenvalue weighted by Crippen LogP contribution is 2.18. The average molecular weight is 236 g/mol. The van der Waals surface area contributed by atoms with Gasteiger partial charge >= 0.3 is 0 Å². The first kappa shape index (κ1) is 11.1. The van der Waals surface area contributed by atoms with E-state index in [9.17, 15) is 0 Å². The van der Waals surface area contributed by atoms with Gasteiger partial charge in [-0.15, -0.1) is 11.3 Å². The summed E-state index contributed by atoms with van der Waals surface area (Å²) in [7, 11) is 0. The van der Waals surface area contributed by atoms with Crippen molar-refractivity contribution < 1.29 is 0 Å². The lowest BCUT2D eigenvalue weighted by molar-refractivity contribution is 0.474. The largest absolute Gasteiger partial charge is 0.375 e. The van der Waals surface area contributed by atoms with Crippen LogP contribution < -0.4 is 5.73 Å². The predicted octanol–water partition coefficient (Wildman–Crippen LogP) is 2.48. The van der Waals surface area contributed by atoms with Gasteiger partial charge in [0.25, 0.3) is 0 Å². The van der Waals surface area contributed by atoms with E-state index in [1.54, 1.807) is 0 Å². The van der Waals surface area contributed by atoms with Gasteiger partial charge in [-0.2, -0.15) is 5.10 Å². The molecular formula is C11H16N4S. The maximum atomic E-state index is 5.59. The molecule has 0 aliphatic rings. The van der Waals surface area contributed by atoms with Crippen LogP contribution in [0.4, 0.5) is 5.13 Å². The molecule has 1 unspecified atom stereocenters. The van der Waals surface area contributed by atoms with Gasteiger partial charge in [0.05, 0.1) is 5.69 Å². The summed E-state index contributed by atoms with van der Waals surface area (Å²) in [6.45, 7) is 4.33. The van der Waals surface area contributed by atoms with Crippen LogP contribution in [0.25, 0.3) is 0 Å². The Balaban J connectivity index is 2.08. The van der Waals surface area contributed by atoms with Gasteiger partial charge in [-0.3, -0.25) is 4.68 Å². The van der Waals surface area contributed by atoms with Crippen LogP contribution in [0.2, 0.25) is 0 Å². The summed E-state index contributed by atoms with van der Waals surface area (Å²) in [5, 5.41) is 5.16. The molecule has 0 spiro atoms. The fourth-order valence-corrected chi connectivity index (χ4v) is 2.19. The van der Waals surface area contributed by atoms with Crippen molar-refractivity contribution in [3.63, 3.8) is 0 Å². The molecule has 2 rings (SSSR count). The van der Waals surface area contributed by atoms with E-state index in [2.05, 4.69) is 30.0 Å². The molecule has 2 aromatic rings. The molecule has 0 aromatic carbocycles. The highest BCUT2D eigenvalue weighted by molar-refractivity contribution is 7.15. The minimum atomic E-state index is 0.459. The van der Waals surface area contributed by atoms with Gasteiger partial charge in [0, 0.05) is 29.7 Å². The lowest BCUT2D eigenvalue weighted by atomic mass is 10.3. The van der Waals surface area contributed by atoms with E-state index in [1.165, 1.54) is 11.3 Å². The van der Waals surface area contributed by atoms with Crippen LogP contribution in [0.1, 0.15) is 36.9 Å². The van der Waals surface area contributed by atoms with E-state index in [0.717, 1.165) is 23.4 Å². The summed E-state index contributed by atoms with van der Waals surface area (Å²) < 4.78 is 2.01. The lowest BCUT2D eigenvalue weighted by Crippen LogP contribution is -2.04. The van der Waals surface area contributed by atoms with E-state index < -0.39 is 0 Å². The number of aromatic nitrogens is 3.